The van der Waals surface area contributed by atoms with Gasteiger partial charge in [-0.2, -0.15) is 0 Å². The first-order valence-electron chi connectivity index (χ1n) is 12.1. The lowest BCUT2D eigenvalue weighted by Crippen LogP contribution is -2.50. The van der Waals surface area contributed by atoms with Gasteiger partial charge in [-0.15, -0.1) is 0 Å². The minimum atomic E-state index is -1.12. The van der Waals surface area contributed by atoms with E-state index in [4.69, 9.17) is 11.6 Å². The van der Waals surface area contributed by atoms with Crippen molar-refractivity contribution in [1.29, 1.82) is 0 Å². The summed E-state index contributed by atoms with van der Waals surface area (Å²) in [7, 11) is 0. The van der Waals surface area contributed by atoms with Crippen molar-refractivity contribution in [2.24, 2.45) is 0 Å². The van der Waals surface area contributed by atoms with Crippen LogP contribution >= 0.6 is 11.6 Å². The molecule has 2 N–H and O–H groups in total. The number of rotatable bonds is 6. The average Bonchev–Trinajstić information content (AvgIpc) is 3.15. The fraction of sp³-hybridized carbons (Fsp3) is 0.423. The SMILES string of the molecule is O=C(Nc1ccc(N2CCN(CC(=O)N3CCCCCC3)CC2)cc1C(=O)O)c1ccccc1Cl. The smallest absolute Gasteiger partial charge is 0.337 e. The Balaban J connectivity index is 1.37. The van der Waals surface area contributed by atoms with Gasteiger partial charge in [-0.25, -0.2) is 4.79 Å². The normalized spacial score (nSPS) is 17.1. The minimum Gasteiger partial charge on any atom is -0.478 e. The lowest BCUT2D eigenvalue weighted by molar-refractivity contribution is -0.132. The maximum absolute atomic E-state index is 12.7. The number of carbonyl (C=O) groups is 3. The van der Waals surface area contributed by atoms with Crippen LogP contribution in [0.5, 0.6) is 0 Å². The number of aromatic carboxylic acids is 1. The quantitative estimate of drug-likeness (QED) is 0.629. The maximum Gasteiger partial charge on any atom is 0.337 e. The summed E-state index contributed by atoms with van der Waals surface area (Å²) < 4.78 is 0. The third-order valence-corrected chi connectivity index (χ3v) is 6.98. The highest BCUT2D eigenvalue weighted by Gasteiger charge is 2.24. The van der Waals surface area contributed by atoms with Gasteiger partial charge < -0.3 is 20.2 Å². The molecule has 2 saturated heterocycles. The summed E-state index contributed by atoms with van der Waals surface area (Å²) in [4.78, 5) is 43.5. The number of nitrogens with one attached hydrogen (secondary N) is 1. The van der Waals surface area contributed by atoms with Crippen molar-refractivity contribution in [1.82, 2.24) is 9.80 Å². The Morgan fingerprint density at radius 1 is 0.857 bits per heavy atom. The molecule has 2 amide bonds. The number of benzene rings is 2. The van der Waals surface area contributed by atoms with Crippen LogP contribution in [-0.2, 0) is 4.79 Å². The third-order valence-electron chi connectivity index (χ3n) is 6.66. The second kappa shape index (κ2) is 11.6. The first-order chi connectivity index (χ1) is 16.9. The summed E-state index contributed by atoms with van der Waals surface area (Å²) in [5.74, 6) is -1.39. The number of halogens is 1. The number of carboxylic acid groups (broad SMARTS) is 1. The van der Waals surface area contributed by atoms with E-state index < -0.39 is 11.9 Å². The molecule has 2 aliphatic rings. The molecule has 35 heavy (non-hydrogen) atoms. The number of anilines is 2. The van der Waals surface area contributed by atoms with Gasteiger partial charge in [0, 0.05) is 45.0 Å². The number of piperazine rings is 1. The summed E-state index contributed by atoms with van der Waals surface area (Å²) in [6.07, 6.45) is 4.56. The minimum absolute atomic E-state index is 0.0154. The van der Waals surface area contributed by atoms with Crippen LogP contribution in [0.25, 0.3) is 0 Å². The van der Waals surface area contributed by atoms with Crippen LogP contribution in [0.2, 0.25) is 5.02 Å². The summed E-state index contributed by atoms with van der Waals surface area (Å²) in [5.41, 5.74) is 1.28. The zero-order valence-corrected chi connectivity index (χ0v) is 20.5. The predicted molar refractivity (Wildman–Crippen MR) is 137 cm³/mol. The van der Waals surface area contributed by atoms with Crippen LogP contribution in [0, 0.1) is 0 Å². The van der Waals surface area contributed by atoms with Crippen molar-refractivity contribution in [2.75, 3.05) is 56.0 Å². The maximum atomic E-state index is 12.7. The molecule has 9 heteroatoms. The van der Waals surface area contributed by atoms with Crippen LogP contribution in [0.3, 0.4) is 0 Å². The molecular weight excluding hydrogens is 468 g/mol. The monoisotopic (exact) mass is 498 g/mol. The molecule has 4 rings (SSSR count). The second-order valence-corrected chi connectivity index (χ2v) is 9.43. The van der Waals surface area contributed by atoms with Gasteiger partial charge in [0.1, 0.15) is 0 Å². The van der Waals surface area contributed by atoms with E-state index in [0.717, 1.165) is 44.7 Å². The van der Waals surface area contributed by atoms with Crippen molar-refractivity contribution >= 4 is 40.8 Å². The van der Waals surface area contributed by atoms with Crippen LogP contribution in [0.1, 0.15) is 46.4 Å². The van der Waals surface area contributed by atoms with Gasteiger partial charge in [0.15, 0.2) is 0 Å². The largest absolute Gasteiger partial charge is 0.478 e. The summed E-state index contributed by atoms with van der Waals surface area (Å²) >= 11 is 6.10. The first-order valence-corrected chi connectivity index (χ1v) is 12.5. The molecule has 0 unspecified atom stereocenters. The Labute approximate surface area is 210 Å². The summed E-state index contributed by atoms with van der Waals surface area (Å²) in [6, 6.07) is 11.6. The molecule has 2 fully saturated rings. The fourth-order valence-electron chi connectivity index (χ4n) is 4.63. The van der Waals surface area contributed by atoms with Gasteiger partial charge in [-0.1, -0.05) is 36.6 Å². The van der Waals surface area contributed by atoms with E-state index in [1.807, 2.05) is 11.0 Å². The third kappa shape index (κ3) is 6.32. The summed E-state index contributed by atoms with van der Waals surface area (Å²) in [6.45, 7) is 4.99. The molecule has 2 aromatic rings. The molecule has 0 spiro atoms. The number of carboxylic acids is 1. The Kier molecular flexibility index (Phi) is 8.25. The van der Waals surface area contributed by atoms with E-state index in [1.165, 1.54) is 12.8 Å². The standard InChI is InChI=1S/C26H31ClN4O4/c27-22-8-4-3-7-20(22)25(33)28-23-10-9-19(17-21(23)26(34)35)30-15-13-29(14-16-30)18-24(32)31-11-5-1-2-6-12-31/h3-4,7-10,17H,1-2,5-6,11-16,18H2,(H,28,33)(H,34,35). The van der Waals surface area contributed by atoms with Crippen LogP contribution < -0.4 is 10.2 Å². The van der Waals surface area contributed by atoms with Gasteiger partial charge in [-0.3, -0.25) is 14.5 Å². The molecule has 2 aromatic carbocycles. The first kappa shape index (κ1) is 25.0. The Morgan fingerprint density at radius 2 is 1.54 bits per heavy atom. The number of carbonyl (C=O) groups excluding carboxylic acids is 2. The molecule has 0 atom stereocenters. The van der Waals surface area contributed by atoms with E-state index in [2.05, 4.69) is 15.1 Å². The molecule has 8 nitrogen and oxygen atoms in total. The lowest BCUT2D eigenvalue weighted by atomic mass is 10.1. The lowest BCUT2D eigenvalue weighted by Gasteiger charge is -2.36. The van der Waals surface area contributed by atoms with E-state index in [1.54, 1.807) is 36.4 Å². The van der Waals surface area contributed by atoms with Crippen molar-refractivity contribution in [3.8, 4) is 0 Å². The highest BCUT2D eigenvalue weighted by atomic mass is 35.5. The van der Waals surface area contributed by atoms with Gasteiger partial charge in [0.2, 0.25) is 5.91 Å². The Morgan fingerprint density at radius 3 is 2.20 bits per heavy atom. The van der Waals surface area contributed by atoms with Crippen LogP contribution in [0.15, 0.2) is 42.5 Å². The molecule has 0 aliphatic carbocycles. The topological polar surface area (TPSA) is 93.2 Å². The highest BCUT2D eigenvalue weighted by Crippen LogP contribution is 2.26. The van der Waals surface area contributed by atoms with Gasteiger partial charge in [-0.05, 0) is 43.2 Å². The molecule has 0 radical (unpaired) electrons. The number of likely N-dealkylation sites (tertiary alicyclic amines) is 1. The second-order valence-electron chi connectivity index (χ2n) is 9.03. The van der Waals surface area contributed by atoms with Crippen LogP contribution in [-0.4, -0.2) is 78.5 Å². The molecule has 186 valence electrons. The fourth-order valence-corrected chi connectivity index (χ4v) is 4.85. The number of hydrogen-bond donors (Lipinski definition) is 2. The number of hydrogen-bond acceptors (Lipinski definition) is 5. The molecule has 0 aromatic heterocycles. The predicted octanol–water partition coefficient (Wildman–Crippen LogP) is 3.82. The number of nitrogens with zero attached hydrogens (tertiary/aromatic N) is 3. The number of amides is 2. The zero-order valence-electron chi connectivity index (χ0n) is 19.7. The Hall–Kier alpha value is -3.10. The van der Waals surface area contributed by atoms with Crippen LogP contribution in [0.4, 0.5) is 11.4 Å². The zero-order chi connectivity index (χ0) is 24.8. The van der Waals surface area contributed by atoms with E-state index in [-0.39, 0.29) is 22.7 Å². The molecule has 0 bridgehead atoms. The van der Waals surface area contributed by atoms with E-state index in [0.29, 0.717) is 24.7 Å². The van der Waals surface area contributed by atoms with Crippen molar-refractivity contribution < 1.29 is 19.5 Å². The van der Waals surface area contributed by atoms with Crippen molar-refractivity contribution in [2.45, 2.75) is 25.7 Å². The Bertz CT molecular complexity index is 1080. The van der Waals surface area contributed by atoms with Crippen molar-refractivity contribution in [3.05, 3.63) is 58.6 Å². The highest BCUT2D eigenvalue weighted by molar-refractivity contribution is 6.34. The van der Waals surface area contributed by atoms with Gasteiger partial charge in [0.05, 0.1) is 28.4 Å². The van der Waals surface area contributed by atoms with Gasteiger partial charge >= 0.3 is 5.97 Å². The molecule has 0 saturated carbocycles. The average molecular weight is 499 g/mol. The van der Waals surface area contributed by atoms with Crippen molar-refractivity contribution in [3.63, 3.8) is 0 Å². The van der Waals surface area contributed by atoms with E-state index >= 15 is 0 Å². The van der Waals surface area contributed by atoms with E-state index in [9.17, 15) is 19.5 Å². The molecule has 2 aliphatic heterocycles. The summed E-state index contributed by atoms with van der Waals surface area (Å²) in [5, 5.41) is 12.7. The molecule has 2 heterocycles. The molecular formula is C26H31ClN4O4. The van der Waals surface area contributed by atoms with Gasteiger partial charge in [0.25, 0.3) is 5.91 Å².